The van der Waals surface area contributed by atoms with E-state index in [-0.39, 0.29) is 11.7 Å². The van der Waals surface area contributed by atoms with Crippen LogP contribution in [0.15, 0.2) is 71.1 Å². The molecule has 2 aromatic heterocycles. The summed E-state index contributed by atoms with van der Waals surface area (Å²) < 4.78 is 1.92. The number of carbonyl (C=O) groups excluding carboxylic acids is 1. The van der Waals surface area contributed by atoms with Gasteiger partial charge in [0.05, 0.1) is 12.0 Å². The molecule has 4 aromatic rings. The maximum absolute atomic E-state index is 12.2. The number of aromatic nitrogens is 4. The van der Waals surface area contributed by atoms with E-state index in [1.807, 2.05) is 72.3 Å². The van der Waals surface area contributed by atoms with Crippen molar-refractivity contribution < 1.29 is 4.79 Å². The van der Waals surface area contributed by atoms with Crippen LogP contribution in [0.5, 0.6) is 0 Å². The number of hydrogen-bond donors (Lipinski definition) is 2. The summed E-state index contributed by atoms with van der Waals surface area (Å²) in [5.41, 5.74) is 5.47. The molecule has 140 valence electrons. The molecule has 2 aromatic carbocycles. The van der Waals surface area contributed by atoms with Crippen LogP contribution in [0.2, 0.25) is 0 Å². The Hall–Kier alpha value is -3.39. The quantitative estimate of drug-likeness (QED) is 0.300. The van der Waals surface area contributed by atoms with Crippen molar-refractivity contribution in [1.82, 2.24) is 25.2 Å². The number of aromatic amines is 1. The smallest absolute Gasteiger partial charge is 0.250 e. The van der Waals surface area contributed by atoms with E-state index in [0.29, 0.717) is 5.16 Å². The van der Waals surface area contributed by atoms with Gasteiger partial charge in [0.15, 0.2) is 5.16 Å². The van der Waals surface area contributed by atoms with Crippen molar-refractivity contribution >= 4 is 34.8 Å². The molecule has 0 unspecified atom stereocenters. The third-order valence-electron chi connectivity index (χ3n) is 4.16. The first-order valence-corrected chi connectivity index (χ1v) is 9.69. The predicted octanol–water partition coefficient (Wildman–Crippen LogP) is 3.30. The van der Waals surface area contributed by atoms with Crippen LogP contribution in [0.1, 0.15) is 11.4 Å². The molecule has 0 atom stereocenters. The normalized spacial score (nSPS) is 11.3. The second-order valence-electron chi connectivity index (χ2n) is 6.07. The van der Waals surface area contributed by atoms with Crippen LogP contribution in [-0.4, -0.2) is 37.6 Å². The maximum Gasteiger partial charge on any atom is 0.250 e. The van der Waals surface area contributed by atoms with Gasteiger partial charge in [-0.1, -0.05) is 48.2 Å². The average molecular weight is 390 g/mol. The Morgan fingerprint density at radius 2 is 1.96 bits per heavy atom. The first kappa shape index (κ1) is 18.0. The van der Waals surface area contributed by atoms with Crippen LogP contribution in [-0.2, 0) is 4.79 Å². The molecule has 0 aliphatic rings. The number of thioether (sulfide) groups is 1. The van der Waals surface area contributed by atoms with Gasteiger partial charge in [0, 0.05) is 28.4 Å². The highest BCUT2D eigenvalue weighted by Gasteiger charge is 2.13. The van der Waals surface area contributed by atoms with Crippen LogP contribution in [0.4, 0.5) is 0 Å². The van der Waals surface area contributed by atoms with Crippen molar-refractivity contribution in [2.75, 3.05) is 5.75 Å². The third-order valence-corrected chi connectivity index (χ3v) is 5.08. The molecule has 0 spiro atoms. The number of rotatable bonds is 6. The van der Waals surface area contributed by atoms with Crippen molar-refractivity contribution in [3.63, 3.8) is 0 Å². The maximum atomic E-state index is 12.2. The number of nitrogens with zero attached hydrogens (tertiary/aromatic N) is 4. The second-order valence-corrected chi connectivity index (χ2v) is 7.01. The van der Waals surface area contributed by atoms with Crippen LogP contribution >= 0.6 is 11.8 Å². The van der Waals surface area contributed by atoms with Gasteiger partial charge in [-0.2, -0.15) is 5.10 Å². The Labute approximate surface area is 165 Å². The van der Waals surface area contributed by atoms with Crippen LogP contribution < -0.4 is 5.43 Å². The molecule has 2 heterocycles. The highest BCUT2D eigenvalue weighted by Crippen LogP contribution is 2.21. The minimum Gasteiger partial charge on any atom is -0.361 e. The van der Waals surface area contributed by atoms with Gasteiger partial charge < -0.3 is 4.98 Å². The molecule has 7 nitrogen and oxygen atoms in total. The Kier molecular flexibility index (Phi) is 5.20. The highest BCUT2D eigenvalue weighted by atomic mass is 32.2. The second kappa shape index (κ2) is 8.10. The molecule has 0 saturated carbocycles. The molecule has 0 bridgehead atoms. The largest absolute Gasteiger partial charge is 0.361 e. The van der Waals surface area contributed by atoms with Crippen LogP contribution in [0.25, 0.3) is 16.6 Å². The van der Waals surface area contributed by atoms with Gasteiger partial charge in [0.2, 0.25) is 0 Å². The number of H-pyrrole nitrogens is 1. The average Bonchev–Trinajstić information content (AvgIpc) is 3.30. The zero-order valence-corrected chi connectivity index (χ0v) is 16.0. The minimum atomic E-state index is -0.207. The topological polar surface area (TPSA) is 88.0 Å². The first-order chi connectivity index (χ1) is 13.7. The lowest BCUT2D eigenvalue weighted by molar-refractivity contribution is -0.118. The zero-order chi connectivity index (χ0) is 19.3. The van der Waals surface area contributed by atoms with Gasteiger partial charge in [-0.25, -0.2) is 5.43 Å². The van der Waals surface area contributed by atoms with E-state index < -0.39 is 0 Å². The SMILES string of the molecule is Cc1nnc(SCC(=O)NN=Cc2c[nH]c3ccccc23)n1-c1ccccc1. The number of aryl methyl sites for hydroxylation is 1. The Bertz CT molecular complexity index is 1130. The number of para-hydroxylation sites is 2. The summed E-state index contributed by atoms with van der Waals surface area (Å²) in [5.74, 6) is 0.753. The van der Waals surface area contributed by atoms with Crippen LogP contribution in [0, 0.1) is 6.92 Å². The predicted molar refractivity (Wildman–Crippen MR) is 111 cm³/mol. The molecule has 0 saturated heterocycles. The summed E-state index contributed by atoms with van der Waals surface area (Å²) in [7, 11) is 0. The minimum absolute atomic E-state index is 0.191. The Balaban J connectivity index is 1.38. The van der Waals surface area contributed by atoms with Gasteiger partial charge in [-0.05, 0) is 25.1 Å². The van der Waals surface area contributed by atoms with Crippen molar-refractivity contribution in [2.24, 2.45) is 5.10 Å². The van der Waals surface area contributed by atoms with Gasteiger partial charge in [-0.15, -0.1) is 10.2 Å². The molecule has 8 heteroatoms. The fourth-order valence-electron chi connectivity index (χ4n) is 2.85. The third kappa shape index (κ3) is 3.81. The van der Waals surface area contributed by atoms with E-state index >= 15 is 0 Å². The van der Waals surface area contributed by atoms with Crippen molar-refractivity contribution in [2.45, 2.75) is 12.1 Å². The van der Waals surface area contributed by atoms with E-state index in [4.69, 9.17) is 0 Å². The zero-order valence-electron chi connectivity index (χ0n) is 15.2. The number of benzene rings is 2. The molecule has 0 aliphatic heterocycles. The van der Waals surface area contributed by atoms with Gasteiger partial charge in [0.1, 0.15) is 5.82 Å². The van der Waals surface area contributed by atoms with Gasteiger partial charge >= 0.3 is 0 Å². The van der Waals surface area contributed by atoms with E-state index in [2.05, 4.69) is 25.7 Å². The summed E-state index contributed by atoms with van der Waals surface area (Å²) in [5, 5.41) is 14.1. The number of nitrogens with one attached hydrogen (secondary N) is 2. The lowest BCUT2D eigenvalue weighted by Crippen LogP contribution is -2.20. The van der Waals surface area contributed by atoms with Crippen molar-refractivity contribution in [3.05, 3.63) is 72.2 Å². The molecule has 4 rings (SSSR count). The number of fused-ring (bicyclic) bond motifs is 1. The van der Waals surface area contributed by atoms with E-state index in [1.165, 1.54) is 11.8 Å². The summed E-state index contributed by atoms with van der Waals surface area (Å²) >= 11 is 1.32. The fraction of sp³-hybridized carbons (Fsp3) is 0.100. The van der Waals surface area contributed by atoms with E-state index in [9.17, 15) is 4.79 Å². The number of carbonyl (C=O) groups is 1. The van der Waals surface area contributed by atoms with Gasteiger partial charge in [-0.3, -0.25) is 9.36 Å². The van der Waals surface area contributed by atoms with Crippen molar-refractivity contribution in [1.29, 1.82) is 0 Å². The monoisotopic (exact) mass is 390 g/mol. The standard InChI is InChI=1S/C20H18N6OS/c1-14-23-25-20(26(14)16-7-3-2-4-8-16)28-13-19(27)24-22-12-15-11-21-18-10-6-5-9-17(15)18/h2-12,21H,13H2,1H3,(H,24,27). The summed E-state index contributed by atoms with van der Waals surface area (Å²) in [6.07, 6.45) is 3.50. The lowest BCUT2D eigenvalue weighted by atomic mass is 10.2. The molecule has 2 N–H and O–H groups in total. The lowest BCUT2D eigenvalue weighted by Gasteiger charge is -2.07. The summed E-state index contributed by atoms with van der Waals surface area (Å²) in [6.45, 7) is 1.88. The number of hydrazone groups is 1. The van der Waals surface area contributed by atoms with E-state index in [0.717, 1.165) is 28.0 Å². The molecule has 0 radical (unpaired) electrons. The Morgan fingerprint density at radius 1 is 1.18 bits per heavy atom. The Morgan fingerprint density at radius 3 is 2.82 bits per heavy atom. The summed E-state index contributed by atoms with van der Waals surface area (Å²) in [4.78, 5) is 15.3. The van der Waals surface area contributed by atoms with Gasteiger partial charge in [0.25, 0.3) is 5.91 Å². The summed E-state index contributed by atoms with van der Waals surface area (Å²) in [6, 6.07) is 17.7. The molecule has 28 heavy (non-hydrogen) atoms. The molecular weight excluding hydrogens is 372 g/mol. The molecule has 0 aliphatic carbocycles. The molecular formula is C20H18N6OS. The van der Waals surface area contributed by atoms with Crippen molar-refractivity contribution in [3.8, 4) is 5.69 Å². The molecule has 0 fully saturated rings. The molecule has 1 amide bonds. The number of amides is 1. The van der Waals surface area contributed by atoms with E-state index in [1.54, 1.807) is 6.21 Å². The number of hydrogen-bond acceptors (Lipinski definition) is 5. The highest BCUT2D eigenvalue weighted by molar-refractivity contribution is 7.99. The first-order valence-electron chi connectivity index (χ1n) is 8.70. The van der Waals surface area contributed by atoms with Crippen LogP contribution in [0.3, 0.4) is 0 Å². The fourth-order valence-corrected chi connectivity index (χ4v) is 3.64.